The van der Waals surface area contributed by atoms with E-state index < -0.39 is 11.9 Å². The maximum Gasteiger partial charge on any atom is 0.248 e. The van der Waals surface area contributed by atoms with E-state index in [0.717, 1.165) is 5.56 Å². The molecule has 0 unspecified atom stereocenters. The van der Waals surface area contributed by atoms with Gasteiger partial charge in [-0.05, 0) is 30.5 Å². The number of carbonyl (C=O) groups excluding carboxylic acids is 2. The van der Waals surface area contributed by atoms with Gasteiger partial charge in [0, 0.05) is 12.1 Å². The Morgan fingerprint density at radius 2 is 2.05 bits per heavy atom. The second-order valence-corrected chi connectivity index (χ2v) is 4.12. The van der Waals surface area contributed by atoms with Gasteiger partial charge in [-0.2, -0.15) is 0 Å². The van der Waals surface area contributed by atoms with Crippen LogP contribution in [0.5, 0.6) is 0 Å². The molecule has 0 aliphatic rings. The summed E-state index contributed by atoms with van der Waals surface area (Å²) in [5.74, 6) is -0.600. The Balaban J connectivity index is 0.00000324. The minimum absolute atomic E-state index is 0. The maximum absolute atomic E-state index is 11.4. The van der Waals surface area contributed by atoms with Crippen LogP contribution in [0.3, 0.4) is 0 Å². The van der Waals surface area contributed by atoms with E-state index in [4.69, 9.17) is 11.5 Å². The van der Waals surface area contributed by atoms with Gasteiger partial charge in [0.05, 0.1) is 6.04 Å². The van der Waals surface area contributed by atoms with Crippen molar-refractivity contribution in [3.05, 3.63) is 35.4 Å². The van der Waals surface area contributed by atoms with Gasteiger partial charge < -0.3 is 16.8 Å². The summed E-state index contributed by atoms with van der Waals surface area (Å²) < 4.78 is 0. The first-order chi connectivity index (χ1) is 8.54. The topological polar surface area (TPSA) is 98.2 Å². The van der Waals surface area contributed by atoms with Crippen LogP contribution in [0.15, 0.2) is 24.3 Å². The highest BCUT2D eigenvalue weighted by Crippen LogP contribution is 2.05. The summed E-state index contributed by atoms with van der Waals surface area (Å²) in [5, 5.41) is 2.75. The second-order valence-electron chi connectivity index (χ2n) is 4.12. The SMILES string of the molecule is CC[C@H](N)C(=O)NCCc1cccc(C(N)=O)c1.Cl. The van der Waals surface area contributed by atoms with Gasteiger partial charge in [0.1, 0.15) is 0 Å². The van der Waals surface area contributed by atoms with Crippen LogP contribution in [0.1, 0.15) is 29.3 Å². The van der Waals surface area contributed by atoms with Crippen LogP contribution in [0.2, 0.25) is 0 Å². The third-order valence-electron chi connectivity index (χ3n) is 2.70. The summed E-state index contributed by atoms with van der Waals surface area (Å²) >= 11 is 0. The first kappa shape index (κ1) is 17.4. The van der Waals surface area contributed by atoms with Crippen LogP contribution < -0.4 is 16.8 Å². The van der Waals surface area contributed by atoms with Crippen LogP contribution in [-0.4, -0.2) is 24.4 Å². The maximum atomic E-state index is 11.4. The number of nitrogens with one attached hydrogen (secondary N) is 1. The summed E-state index contributed by atoms with van der Waals surface area (Å²) in [5.41, 5.74) is 12.2. The minimum atomic E-state index is -0.457. The lowest BCUT2D eigenvalue weighted by Crippen LogP contribution is -2.40. The molecule has 1 aromatic carbocycles. The Morgan fingerprint density at radius 3 is 2.63 bits per heavy atom. The molecule has 0 aliphatic heterocycles. The Labute approximate surface area is 119 Å². The first-order valence-electron chi connectivity index (χ1n) is 5.96. The molecule has 0 saturated heterocycles. The van der Waals surface area contributed by atoms with Crippen LogP contribution in [0.25, 0.3) is 0 Å². The fourth-order valence-corrected chi connectivity index (χ4v) is 1.53. The van der Waals surface area contributed by atoms with Gasteiger partial charge in [0.15, 0.2) is 0 Å². The summed E-state index contributed by atoms with van der Waals surface area (Å²) in [6.45, 7) is 2.36. The lowest BCUT2D eigenvalue weighted by Gasteiger charge is -2.10. The largest absolute Gasteiger partial charge is 0.366 e. The molecule has 1 aromatic rings. The van der Waals surface area contributed by atoms with Crippen molar-refractivity contribution < 1.29 is 9.59 Å². The fraction of sp³-hybridized carbons (Fsp3) is 0.385. The first-order valence-corrected chi connectivity index (χ1v) is 5.96. The number of hydrogen-bond acceptors (Lipinski definition) is 3. The smallest absolute Gasteiger partial charge is 0.248 e. The number of amides is 2. The van der Waals surface area contributed by atoms with E-state index in [-0.39, 0.29) is 18.3 Å². The molecule has 5 nitrogen and oxygen atoms in total. The van der Waals surface area contributed by atoms with Crippen molar-refractivity contribution in [3.8, 4) is 0 Å². The molecule has 19 heavy (non-hydrogen) atoms. The predicted octanol–water partition coefficient (Wildman–Crippen LogP) is 0.603. The van der Waals surface area contributed by atoms with Gasteiger partial charge in [-0.3, -0.25) is 9.59 Å². The van der Waals surface area contributed by atoms with E-state index >= 15 is 0 Å². The zero-order valence-corrected chi connectivity index (χ0v) is 11.7. The lowest BCUT2D eigenvalue weighted by atomic mass is 10.1. The summed E-state index contributed by atoms with van der Waals surface area (Å²) in [4.78, 5) is 22.4. The van der Waals surface area contributed by atoms with Crippen LogP contribution in [-0.2, 0) is 11.2 Å². The predicted molar refractivity (Wildman–Crippen MR) is 77.2 cm³/mol. The Morgan fingerprint density at radius 1 is 1.37 bits per heavy atom. The number of rotatable bonds is 6. The third kappa shape index (κ3) is 5.72. The van der Waals surface area contributed by atoms with Crippen LogP contribution in [0, 0.1) is 0 Å². The highest BCUT2D eigenvalue weighted by Gasteiger charge is 2.09. The molecule has 0 aliphatic carbocycles. The average Bonchev–Trinajstić information content (AvgIpc) is 2.38. The lowest BCUT2D eigenvalue weighted by molar-refractivity contribution is -0.122. The van der Waals surface area contributed by atoms with Crippen molar-refractivity contribution in [2.24, 2.45) is 11.5 Å². The number of halogens is 1. The van der Waals surface area contributed by atoms with Crippen LogP contribution in [0.4, 0.5) is 0 Å². The number of benzene rings is 1. The molecular formula is C13H20ClN3O2. The fourth-order valence-electron chi connectivity index (χ4n) is 1.53. The monoisotopic (exact) mass is 285 g/mol. The quantitative estimate of drug-likeness (QED) is 0.714. The van der Waals surface area contributed by atoms with Gasteiger partial charge >= 0.3 is 0 Å². The van der Waals surface area contributed by atoms with Crippen LogP contribution >= 0.6 is 12.4 Å². The second kappa shape index (κ2) is 8.50. The molecule has 0 aromatic heterocycles. The van der Waals surface area contributed by atoms with Crippen molar-refractivity contribution in [2.45, 2.75) is 25.8 Å². The molecule has 5 N–H and O–H groups in total. The molecule has 0 spiro atoms. The molecule has 0 saturated carbocycles. The minimum Gasteiger partial charge on any atom is -0.366 e. The Kier molecular flexibility index (Phi) is 7.79. The molecule has 0 bridgehead atoms. The molecule has 0 fully saturated rings. The summed E-state index contributed by atoms with van der Waals surface area (Å²) in [6, 6.07) is 6.60. The standard InChI is InChI=1S/C13H19N3O2.ClH/c1-2-11(14)13(18)16-7-6-9-4-3-5-10(8-9)12(15)17;/h3-5,8,11H,2,6-7,14H2,1H3,(H2,15,17)(H,16,18);1H/t11-;/m0./s1. The highest BCUT2D eigenvalue weighted by molar-refractivity contribution is 5.92. The summed E-state index contributed by atoms with van der Waals surface area (Å²) in [7, 11) is 0. The molecule has 6 heteroatoms. The van der Waals surface area contributed by atoms with Crippen molar-refractivity contribution in [3.63, 3.8) is 0 Å². The van der Waals surface area contributed by atoms with Gasteiger partial charge in [-0.1, -0.05) is 19.1 Å². The third-order valence-corrected chi connectivity index (χ3v) is 2.70. The van der Waals surface area contributed by atoms with Gasteiger partial charge in [0.2, 0.25) is 11.8 Å². The Bertz CT molecular complexity index is 438. The van der Waals surface area contributed by atoms with Crippen molar-refractivity contribution >= 4 is 24.2 Å². The van der Waals surface area contributed by atoms with Crippen molar-refractivity contribution in [2.75, 3.05) is 6.54 Å². The molecular weight excluding hydrogens is 266 g/mol. The number of carbonyl (C=O) groups is 2. The zero-order chi connectivity index (χ0) is 13.5. The molecule has 0 heterocycles. The Hall–Kier alpha value is -1.59. The van der Waals surface area contributed by atoms with E-state index in [1.165, 1.54) is 0 Å². The number of hydrogen-bond donors (Lipinski definition) is 3. The summed E-state index contributed by atoms with van der Waals surface area (Å²) in [6.07, 6.45) is 1.26. The normalized spacial score (nSPS) is 11.3. The van der Waals surface area contributed by atoms with Gasteiger partial charge in [-0.15, -0.1) is 12.4 Å². The van der Waals surface area contributed by atoms with E-state index in [2.05, 4.69) is 5.32 Å². The van der Waals surface area contributed by atoms with Gasteiger partial charge in [-0.25, -0.2) is 0 Å². The van der Waals surface area contributed by atoms with Crippen molar-refractivity contribution in [1.82, 2.24) is 5.32 Å². The van der Waals surface area contributed by atoms with E-state index in [0.29, 0.717) is 24.9 Å². The molecule has 1 atom stereocenters. The number of nitrogens with two attached hydrogens (primary N) is 2. The van der Waals surface area contributed by atoms with E-state index in [1.54, 1.807) is 18.2 Å². The molecule has 106 valence electrons. The number of primary amides is 1. The zero-order valence-electron chi connectivity index (χ0n) is 10.9. The van der Waals surface area contributed by atoms with E-state index in [1.807, 2.05) is 13.0 Å². The van der Waals surface area contributed by atoms with E-state index in [9.17, 15) is 9.59 Å². The van der Waals surface area contributed by atoms with Crippen molar-refractivity contribution in [1.29, 1.82) is 0 Å². The average molecular weight is 286 g/mol. The molecule has 2 amide bonds. The highest BCUT2D eigenvalue weighted by atomic mass is 35.5. The van der Waals surface area contributed by atoms with Gasteiger partial charge in [0.25, 0.3) is 0 Å². The molecule has 0 radical (unpaired) electrons. The molecule has 1 rings (SSSR count).